The molecule has 1 saturated heterocycles. The van der Waals surface area contributed by atoms with Crippen LogP contribution in [0.15, 0.2) is 12.3 Å². The molecule has 2 atom stereocenters. The van der Waals surface area contributed by atoms with E-state index in [0.717, 1.165) is 18.9 Å². The molecule has 94 valence electrons. The summed E-state index contributed by atoms with van der Waals surface area (Å²) in [5.74, 6) is 0.858. The van der Waals surface area contributed by atoms with Crippen LogP contribution in [0.5, 0.6) is 0 Å². The maximum atomic E-state index is 5.80. The van der Waals surface area contributed by atoms with E-state index in [2.05, 4.69) is 33.9 Å². The number of likely N-dealkylation sites (N-methyl/N-ethyl adjacent to an activating group) is 1. The number of aromatic nitrogens is 2. The number of nitrogens with zero attached hydrogens (tertiary/aromatic N) is 4. The Morgan fingerprint density at radius 3 is 2.76 bits per heavy atom. The largest absolute Gasteiger partial charge is 0.378 e. The van der Waals surface area contributed by atoms with Gasteiger partial charge < -0.3 is 14.5 Å². The molecular weight excluding hydrogens is 240 g/mol. The number of halogens is 1. The first kappa shape index (κ1) is 12.5. The summed E-state index contributed by atoms with van der Waals surface area (Å²) in [6.07, 6.45) is 1.87. The number of methoxy groups -OCH3 is 1. The van der Waals surface area contributed by atoms with Gasteiger partial charge in [0.05, 0.1) is 12.1 Å². The Morgan fingerprint density at radius 2 is 2.24 bits per heavy atom. The van der Waals surface area contributed by atoms with Gasteiger partial charge in [-0.3, -0.25) is 0 Å². The summed E-state index contributed by atoms with van der Waals surface area (Å²) < 4.78 is 5.51. The highest BCUT2D eigenvalue weighted by atomic mass is 35.5. The second kappa shape index (κ2) is 5.16. The van der Waals surface area contributed by atoms with E-state index in [0.29, 0.717) is 6.04 Å². The van der Waals surface area contributed by atoms with Gasteiger partial charge in [-0.15, -0.1) is 0 Å². The van der Waals surface area contributed by atoms with E-state index in [1.807, 2.05) is 6.07 Å². The predicted octanol–water partition coefficient (Wildman–Crippen LogP) is 0.895. The SMILES string of the molecule is CO[C@H]1CN(c2ccnc(Cl)n2)C[C@H]1N(C)C. The zero-order valence-corrected chi connectivity index (χ0v) is 11.1. The Hall–Kier alpha value is -0.910. The highest BCUT2D eigenvalue weighted by molar-refractivity contribution is 6.28. The maximum absolute atomic E-state index is 5.80. The molecular formula is C11H17ClN4O. The number of rotatable bonds is 3. The Morgan fingerprint density at radius 1 is 1.47 bits per heavy atom. The topological polar surface area (TPSA) is 41.5 Å². The van der Waals surface area contributed by atoms with E-state index in [1.165, 1.54) is 0 Å². The molecule has 1 fully saturated rings. The summed E-state index contributed by atoms with van der Waals surface area (Å²) >= 11 is 5.80. The van der Waals surface area contributed by atoms with Crippen molar-refractivity contribution in [3.05, 3.63) is 17.5 Å². The molecule has 17 heavy (non-hydrogen) atoms. The van der Waals surface area contributed by atoms with Crippen molar-refractivity contribution in [3.63, 3.8) is 0 Å². The second-order valence-corrected chi connectivity index (χ2v) is 4.73. The lowest BCUT2D eigenvalue weighted by atomic mass is 10.2. The highest BCUT2D eigenvalue weighted by Crippen LogP contribution is 2.22. The van der Waals surface area contributed by atoms with Gasteiger partial charge in [-0.05, 0) is 31.8 Å². The van der Waals surface area contributed by atoms with E-state index >= 15 is 0 Å². The lowest BCUT2D eigenvalue weighted by Crippen LogP contribution is -2.39. The normalized spacial score (nSPS) is 24.6. The number of hydrogen-bond donors (Lipinski definition) is 0. The van der Waals surface area contributed by atoms with Crippen LogP contribution < -0.4 is 4.90 Å². The molecule has 6 heteroatoms. The predicted molar refractivity (Wildman–Crippen MR) is 67.5 cm³/mol. The van der Waals surface area contributed by atoms with E-state index in [-0.39, 0.29) is 11.4 Å². The summed E-state index contributed by atoms with van der Waals surface area (Å²) in [7, 11) is 5.87. The maximum Gasteiger partial charge on any atom is 0.224 e. The van der Waals surface area contributed by atoms with Crippen molar-refractivity contribution >= 4 is 17.4 Å². The molecule has 1 aromatic rings. The fraction of sp³-hybridized carbons (Fsp3) is 0.636. The summed E-state index contributed by atoms with van der Waals surface area (Å²) in [6.45, 7) is 1.71. The van der Waals surface area contributed by atoms with Gasteiger partial charge in [0.25, 0.3) is 0 Å². The minimum absolute atomic E-state index is 0.193. The zero-order chi connectivity index (χ0) is 12.4. The lowest BCUT2D eigenvalue weighted by Gasteiger charge is -2.23. The van der Waals surface area contributed by atoms with Crippen LogP contribution in [-0.4, -0.2) is 61.3 Å². The smallest absolute Gasteiger partial charge is 0.224 e. The molecule has 0 bridgehead atoms. The molecule has 1 aromatic heterocycles. The molecule has 0 aliphatic carbocycles. The second-order valence-electron chi connectivity index (χ2n) is 4.39. The Labute approximate surface area is 106 Å². The summed E-state index contributed by atoms with van der Waals surface area (Å²) in [5, 5.41) is 0.282. The van der Waals surface area contributed by atoms with E-state index < -0.39 is 0 Å². The van der Waals surface area contributed by atoms with Gasteiger partial charge in [-0.2, -0.15) is 0 Å². The molecule has 2 rings (SSSR count). The number of ether oxygens (including phenoxy) is 1. The molecule has 0 unspecified atom stereocenters. The van der Waals surface area contributed by atoms with E-state index in [9.17, 15) is 0 Å². The van der Waals surface area contributed by atoms with Gasteiger partial charge in [0, 0.05) is 26.4 Å². The van der Waals surface area contributed by atoms with Gasteiger partial charge in [-0.1, -0.05) is 0 Å². The van der Waals surface area contributed by atoms with Crippen molar-refractivity contribution in [2.75, 3.05) is 39.2 Å². The fourth-order valence-corrected chi connectivity index (χ4v) is 2.32. The van der Waals surface area contributed by atoms with Crippen LogP contribution >= 0.6 is 11.6 Å². The molecule has 1 aliphatic heterocycles. The van der Waals surface area contributed by atoms with Crippen LogP contribution in [0.1, 0.15) is 0 Å². The third kappa shape index (κ3) is 2.68. The first-order valence-electron chi connectivity index (χ1n) is 5.54. The van der Waals surface area contributed by atoms with Crippen molar-refractivity contribution < 1.29 is 4.74 Å². The van der Waals surface area contributed by atoms with E-state index in [1.54, 1.807) is 13.3 Å². The quantitative estimate of drug-likeness (QED) is 0.752. The Bertz CT molecular complexity index is 387. The third-order valence-corrected chi connectivity index (χ3v) is 3.32. The molecule has 0 N–H and O–H groups in total. The molecule has 0 saturated carbocycles. The molecule has 5 nitrogen and oxygen atoms in total. The van der Waals surface area contributed by atoms with Crippen molar-refractivity contribution in [2.24, 2.45) is 0 Å². The Kier molecular flexibility index (Phi) is 3.81. The van der Waals surface area contributed by atoms with Gasteiger partial charge in [0.1, 0.15) is 5.82 Å². The molecule has 0 radical (unpaired) electrons. The molecule has 0 spiro atoms. The summed E-state index contributed by atoms with van der Waals surface area (Å²) in [4.78, 5) is 12.5. The van der Waals surface area contributed by atoms with Crippen molar-refractivity contribution in [2.45, 2.75) is 12.1 Å². The van der Waals surface area contributed by atoms with Crippen molar-refractivity contribution in [3.8, 4) is 0 Å². The number of hydrogen-bond acceptors (Lipinski definition) is 5. The van der Waals surface area contributed by atoms with Crippen molar-refractivity contribution in [1.82, 2.24) is 14.9 Å². The van der Waals surface area contributed by atoms with Crippen LogP contribution in [0.3, 0.4) is 0 Å². The van der Waals surface area contributed by atoms with Crippen LogP contribution in [0.2, 0.25) is 5.28 Å². The first-order chi connectivity index (χ1) is 8.11. The van der Waals surface area contributed by atoms with Crippen LogP contribution in [0, 0.1) is 0 Å². The monoisotopic (exact) mass is 256 g/mol. The average molecular weight is 257 g/mol. The first-order valence-corrected chi connectivity index (χ1v) is 5.92. The van der Waals surface area contributed by atoms with Gasteiger partial charge >= 0.3 is 0 Å². The highest BCUT2D eigenvalue weighted by Gasteiger charge is 2.34. The van der Waals surface area contributed by atoms with Crippen LogP contribution in [0.4, 0.5) is 5.82 Å². The number of anilines is 1. The van der Waals surface area contributed by atoms with Gasteiger partial charge in [0.2, 0.25) is 5.28 Å². The molecule has 0 aromatic carbocycles. The molecule has 2 heterocycles. The lowest BCUT2D eigenvalue weighted by molar-refractivity contribution is 0.0639. The minimum atomic E-state index is 0.193. The summed E-state index contributed by atoms with van der Waals surface area (Å²) in [6, 6.07) is 2.24. The Balaban J connectivity index is 2.15. The van der Waals surface area contributed by atoms with Crippen LogP contribution in [0.25, 0.3) is 0 Å². The fourth-order valence-electron chi connectivity index (χ4n) is 2.17. The third-order valence-electron chi connectivity index (χ3n) is 3.14. The van der Waals surface area contributed by atoms with Gasteiger partial charge in [0.15, 0.2) is 0 Å². The van der Waals surface area contributed by atoms with E-state index in [4.69, 9.17) is 16.3 Å². The molecule has 1 aliphatic rings. The van der Waals surface area contributed by atoms with Crippen LogP contribution in [-0.2, 0) is 4.74 Å². The molecule has 0 amide bonds. The van der Waals surface area contributed by atoms with Gasteiger partial charge in [-0.25, -0.2) is 9.97 Å². The zero-order valence-electron chi connectivity index (χ0n) is 10.3. The minimum Gasteiger partial charge on any atom is -0.378 e. The standard InChI is InChI=1S/C11H17ClN4O/c1-15(2)8-6-16(7-9(8)17-3)10-4-5-13-11(12)14-10/h4-5,8-9H,6-7H2,1-3H3/t8-,9+/m1/s1. The van der Waals surface area contributed by atoms with Crippen molar-refractivity contribution in [1.29, 1.82) is 0 Å². The average Bonchev–Trinajstić information content (AvgIpc) is 2.73. The summed E-state index contributed by atoms with van der Waals surface area (Å²) in [5.41, 5.74) is 0.